The molecule has 0 spiro atoms. The Kier molecular flexibility index (Phi) is 11.5. The van der Waals surface area contributed by atoms with E-state index < -0.39 is 36.3 Å². The van der Waals surface area contributed by atoms with Crippen LogP contribution in [0.5, 0.6) is 0 Å². The second-order valence-electron chi connectivity index (χ2n) is 10.3. The van der Waals surface area contributed by atoms with Crippen molar-refractivity contribution < 1.29 is 24.2 Å². The highest BCUT2D eigenvalue weighted by Crippen LogP contribution is 2.25. The van der Waals surface area contributed by atoms with E-state index in [1.165, 1.54) is 11.3 Å². The Morgan fingerprint density at radius 1 is 1.09 bits per heavy atom. The standard InChI is InChI=1S/C27H43N3O5/c1-5-6-13-18-30(25(33)22(19-31)29-26(34)35-27(2,3)4)23(20-14-9-7-10-15-20)24(32)28-21-16-11-8-12-17-21/h7,9-10,14-15,21-23,31H,5-6,8,11-13,16-19H2,1-4H3,(H,28,32)(H,29,34). The molecule has 0 bridgehead atoms. The first-order valence-electron chi connectivity index (χ1n) is 12.9. The topological polar surface area (TPSA) is 108 Å². The van der Waals surface area contributed by atoms with Crippen LogP contribution in [0.4, 0.5) is 4.79 Å². The van der Waals surface area contributed by atoms with Gasteiger partial charge >= 0.3 is 6.09 Å². The van der Waals surface area contributed by atoms with E-state index in [0.29, 0.717) is 18.5 Å². The predicted molar refractivity (Wildman–Crippen MR) is 136 cm³/mol. The molecule has 1 aromatic carbocycles. The van der Waals surface area contributed by atoms with Gasteiger partial charge in [0, 0.05) is 12.6 Å². The fourth-order valence-corrected chi connectivity index (χ4v) is 4.37. The predicted octanol–water partition coefficient (Wildman–Crippen LogP) is 4.08. The summed E-state index contributed by atoms with van der Waals surface area (Å²) < 4.78 is 5.28. The van der Waals surface area contributed by atoms with Gasteiger partial charge in [-0.05, 0) is 45.6 Å². The Hall–Kier alpha value is -2.61. The van der Waals surface area contributed by atoms with Gasteiger partial charge in [-0.2, -0.15) is 0 Å². The maximum atomic E-state index is 13.7. The monoisotopic (exact) mass is 489 g/mol. The third-order valence-electron chi connectivity index (χ3n) is 6.08. The summed E-state index contributed by atoms with van der Waals surface area (Å²) in [7, 11) is 0. The van der Waals surface area contributed by atoms with Gasteiger partial charge in [-0.15, -0.1) is 0 Å². The lowest BCUT2D eigenvalue weighted by molar-refractivity contribution is -0.143. The molecule has 1 saturated carbocycles. The minimum atomic E-state index is -1.22. The van der Waals surface area contributed by atoms with Gasteiger partial charge in [0.25, 0.3) is 0 Å². The number of aliphatic hydroxyl groups is 1. The van der Waals surface area contributed by atoms with Crippen molar-refractivity contribution in [2.24, 2.45) is 0 Å². The number of amides is 3. The number of nitrogens with zero attached hydrogens (tertiary/aromatic N) is 1. The Balaban J connectivity index is 2.33. The summed E-state index contributed by atoms with van der Waals surface area (Å²) in [6, 6.07) is 7.21. The van der Waals surface area contributed by atoms with Crippen molar-refractivity contribution in [3.63, 3.8) is 0 Å². The van der Waals surface area contributed by atoms with Crippen LogP contribution in [0, 0.1) is 0 Å². The van der Waals surface area contributed by atoms with Crippen LogP contribution in [-0.2, 0) is 14.3 Å². The molecule has 8 heteroatoms. The van der Waals surface area contributed by atoms with Crippen LogP contribution < -0.4 is 10.6 Å². The number of unbranched alkanes of at least 4 members (excludes halogenated alkanes) is 2. The van der Waals surface area contributed by atoms with Crippen molar-refractivity contribution in [1.82, 2.24) is 15.5 Å². The van der Waals surface area contributed by atoms with Gasteiger partial charge in [0.15, 0.2) is 0 Å². The fourth-order valence-electron chi connectivity index (χ4n) is 4.37. The summed E-state index contributed by atoms with van der Waals surface area (Å²) >= 11 is 0. The lowest BCUT2D eigenvalue weighted by Crippen LogP contribution is -2.55. The Morgan fingerprint density at radius 3 is 2.31 bits per heavy atom. The molecule has 2 unspecified atom stereocenters. The van der Waals surface area contributed by atoms with Gasteiger partial charge in [-0.3, -0.25) is 9.59 Å². The molecular weight excluding hydrogens is 446 g/mol. The Bertz CT molecular complexity index is 803. The van der Waals surface area contributed by atoms with Crippen LogP contribution in [0.25, 0.3) is 0 Å². The number of aliphatic hydroxyl groups excluding tert-OH is 1. The summed E-state index contributed by atoms with van der Waals surface area (Å²) in [6.45, 7) is 6.96. The minimum Gasteiger partial charge on any atom is -0.444 e. The number of rotatable bonds is 11. The first kappa shape index (κ1) is 28.6. The zero-order chi connectivity index (χ0) is 25.8. The van der Waals surface area contributed by atoms with Crippen LogP contribution in [-0.4, -0.2) is 58.8 Å². The lowest BCUT2D eigenvalue weighted by Gasteiger charge is -2.35. The van der Waals surface area contributed by atoms with E-state index in [9.17, 15) is 19.5 Å². The molecule has 0 aromatic heterocycles. The Labute approximate surface area is 209 Å². The van der Waals surface area contributed by atoms with Crippen LogP contribution in [0.1, 0.15) is 90.7 Å². The third-order valence-corrected chi connectivity index (χ3v) is 6.08. The van der Waals surface area contributed by atoms with Crippen molar-refractivity contribution >= 4 is 17.9 Å². The van der Waals surface area contributed by atoms with Gasteiger partial charge in [0.1, 0.15) is 17.7 Å². The average Bonchev–Trinajstić information content (AvgIpc) is 2.81. The molecule has 196 valence electrons. The largest absolute Gasteiger partial charge is 0.444 e. The van der Waals surface area contributed by atoms with Gasteiger partial charge in [-0.1, -0.05) is 69.4 Å². The average molecular weight is 490 g/mol. The highest BCUT2D eigenvalue weighted by molar-refractivity contribution is 5.92. The number of hydrogen-bond acceptors (Lipinski definition) is 5. The van der Waals surface area contributed by atoms with Gasteiger partial charge < -0.3 is 25.4 Å². The van der Waals surface area contributed by atoms with Crippen molar-refractivity contribution in [1.29, 1.82) is 0 Å². The van der Waals surface area contributed by atoms with E-state index in [4.69, 9.17) is 4.74 Å². The fraction of sp³-hybridized carbons (Fsp3) is 0.667. The molecule has 0 radical (unpaired) electrons. The molecule has 1 fully saturated rings. The second kappa shape index (κ2) is 14.1. The van der Waals surface area contributed by atoms with Crippen LogP contribution in [0.15, 0.2) is 30.3 Å². The summed E-state index contributed by atoms with van der Waals surface area (Å²) in [5.74, 6) is -0.746. The molecule has 3 amide bonds. The van der Waals surface area contributed by atoms with E-state index >= 15 is 0 Å². The SMILES string of the molecule is CCCCCN(C(=O)C(CO)NC(=O)OC(C)(C)C)C(C(=O)NC1CCCCC1)c1ccccc1. The van der Waals surface area contributed by atoms with E-state index in [2.05, 4.69) is 17.6 Å². The number of hydrogen-bond donors (Lipinski definition) is 3. The quantitative estimate of drug-likeness (QED) is 0.406. The Morgan fingerprint density at radius 2 is 1.74 bits per heavy atom. The summed E-state index contributed by atoms with van der Waals surface area (Å²) in [6.07, 6.45) is 6.93. The molecule has 1 aromatic rings. The smallest absolute Gasteiger partial charge is 0.408 e. The van der Waals surface area contributed by atoms with Gasteiger partial charge in [-0.25, -0.2) is 4.79 Å². The van der Waals surface area contributed by atoms with Gasteiger partial charge in [0.2, 0.25) is 11.8 Å². The number of carbonyl (C=O) groups excluding carboxylic acids is 3. The molecule has 8 nitrogen and oxygen atoms in total. The first-order valence-corrected chi connectivity index (χ1v) is 12.9. The van der Waals surface area contributed by atoms with E-state index in [1.54, 1.807) is 20.8 Å². The van der Waals surface area contributed by atoms with Crippen molar-refractivity contribution in [2.75, 3.05) is 13.2 Å². The van der Waals surface area contributed by atoms with Crippen LogP contribution in [0.3, 0.4) is 0 Å². The van der Waals surface area contributed by atoms with E-state index in [1.807, 2.05) is 30.3 Å². The maximum Gasteiger partial charge on any atom is 0.408 e. The zero-order valence-corrected chi connectivity index (χ0v) is 21.7. The lowest BCUT2D eigenvalue weighted by atomic mass is 9.94. The molecule has 1 aliphatic carbocycles. The summed E-state index contributed by atoms with van der Waals surface area (Å²) in [5, 5.41) is 15.6. The molecule has 0 saturated heterocycles. The first-order chi connectivity index (χ1) is 16.7. The molecule has 35 heavy (non-hydrogen) atoms. The zero-order valence-electron chi connectivity index (χ0n) is 21.7. The van der Waals surface area contributed by atoms with Crippen LogP contribution in [0.2, 0.25) is 0 Å². The van der Waals surface area contributed by atoms with E-state index in [-0.39, 0.29) is 11.9 Å². The van der Waals surface area contributed by atoms with Crippen LogP contribution >= 0.6 is 0 Å². The number of ether oxygens (including phenoxy) is 1. The maximum absolute atomic E-state index is 13.7. The molecule has 0 aliphatic heterocycles. The van der Waals surface area contributed by atoms with E-state index in [0.717, 1.165) is 38.5 Å². The van der Waals surface area contributed by atoms with Crippen molar-refractivity contribution in [3.05, 3.63) is 35.9 Å². The molecule has 0 heterocycles. The molecule has 2 rings (SSSR count). The minimum absolute atomic E-state index is 0.0867. The molecular formula is C27H43N3O5. The number of carbonyl (C=O) groups is 3. The number of benzene rings is 1. The van der Waals surface area contributed by atoms with Crippen molar-refractivity contribution in [3.8, 4) is 0 Å². The summed E-state index contributed by atoms with van der Waals surface area (Å²) in [4.78, 5) is 41.2. The second-order valence-corrected chi connectivity index (χ2v) is 10.3. The number of nitrogens with one attached hydrogen (secondary N) is 2. The molecule has 2 atom stereocenters. The highest BCUT2D eigenvalue weighted by Gasteiger charge is 2.36. The van der Waals surface area contributed by atoms with Gasteiger partial charge in [0.05, 0.1) is 6.61 Å². The highest BCUT2D eigenvalue weighted by atomic mass is 16.6. The molecule has 1 aliphatic rings. The number of alkyl carbamates (subject to hydrolysis) is 1. The van der Waals surface area contributed by atoms with Crippen molar-refractivity contribution in [2.45, 2.75) is 103 Å². The normalized spacial score (nSPS) is 16.1. The summed E-state index contributed by atoms with van der Waals surface area (Å²) in [5.41, 5.74) is -0.0555. The molecule has 3 N–H and O–H groups in total. The third kappa shape index (κ3) is 9.51.